The Bertz CT molecular complexity index is 346. The molecule has 1 N–H and O–H groups in total. The molecular weight excluding hydrogens is 224 g/mol. The van der Waals surface area contributed by atoms with E-state index >= 15 is 0 Å². The molecule has 2 aliphatic rings. The van der Waals surface area contributed by atoms with Crippen molar-refractivity contribution in [3.05, 3.63) is 16.1 Å². The summed E-state index contributed by atoms with van der Waals surface area (Å²) in [6.45, 7) is 2.97. The van der Waals surface area contributed by atoms with E-state index in [1.807, 2.05) is 6.20 Å². The van der Waals surface area contributed by atoms with E-state index in [-0.39, 0.29) is 6.10 Å². The lowest BCUT2D eigenvalue weighted by Gasteiger charge is -2.20. The maximum atomic E-state index is 5.62. The summed E-state index contributed by atoms with van der Waals surface area (Å²) < 4.78 is 11.0. The number of hydrogen-bond donors (Lipinski definition) is 1. The van der Waals surface area contributed by atoms with E-state index in [0.29, 0.717) is 19.8 Å². The van der Waals surface area contributed by atoms with Crippen LogP contribution in [-0.4, -0.2) is 30.8 Å². The number of ether oxygens (including phenoxy) is 2. The van der Waals surface area contributed by atoms with Gasteiger partial charge in [-0.1, -0.05) is 0 Å². The first-order valence-corrected chi connectivity index (χ1v) is 6.61. The summed E-state index contributed by atoms with van der Waals surface area (Å²) in [4.78, 5) is 5.70. The van der Waals surface area contributed by atoms with Crippen molar-refractivity contribution < 1.29 is 9.47 Å². The molecule has 4 nitrogen and oxygen atoms in total. The number of rotatable bonds is 4. The fourth-order valence-electron chi connectivity index (χ4n) is 1.72. The average molecular weight is 240 g/mol. The Morgan fingerprint density at radius 3 is 3.12 bits per heavy atom. The third-order valence-electron chi connectivity index (χ3n) is 2.81. The number of nitrogens with one attached hydrogen (secondary N) is 1. The highest BCUT2D eigenvalue weighted by molar-refractivity contribution is 7.11. The van der Waals surface area contributed by atoms with Gasteiger partial charge in [0.2, 0.25) is 0 Å². The second-order valence-corrected chi connectivity index (χ2v) is 5.40. The predicted octanol–water partition coefficient (Wildman–Crippen LogP) is 1.48. The molecule has 2 fully saturated rings. The lowest BCUT2D eigenvalue weighted by molar-refractivity contribution is -0.0901. The summed E-state index contributed by atoms with van der Waals surface area (Å²) >= 11 is 1.73. The molecule has 1 atom stereocenters. The summed E-state index contributed by atoms with van der Waals surface area (Å²) in [6, 6.07) is 0.750. The number of nitrogens with zero attached hydrogens (tertiary/aromatic N) is 1. The van der Waals surface area contributed by atoms with Crippen LogP contribution in [0.5, 0.6) is 0 Å². The van der Waals surface area contributed by atoms with Crippen LogP contribution in [0.25, 0.3) is 0 Å². The van der Waals surface area contributed by atoms with Crippen LogP contribution < -0.4 is 5.32 Å². The van der Waals surface area contributed by atoms with Crippen molar-refractivity contribution in [2.75, 3.05) is 19.8 Å². The largest absolute Gasteiger partial charge is 0.376 e. The maximum Gasteiger partial charge on any atom is 0.132 e. The quantitative estimate of drug-likeness (QED) is 0.866. The van der Waals surface area contributed by atoms with Gasteiger partial charge in [0.1, 0.15) is 11.1 Å². The maximum absolute atomic E-state index is 5.62. The molecule has 5 heteroatoms. The Morgan fingerprint density at radius 1 is 1.44 bits per heavy atom. The van der Waals surface area contributed by atoms with E-state index in [1.54, 1.807) is 11.3 Å². The average Bonchev–Trinajstić information content (AvgIpc) is 3.05. The van der Waals surface area contributed by atoms with Crippen LogP contribution >= 0.6 is 11.3 Å². The van der Waals surface area contributed by atoms with Crippen LogP contribution in [0.2, 0.25) is 0 Å². The first kappa shape index (κ1) is 10.7. The fourth-order valence-corrected chi connectivity index (χ4v) is 2.62. The summed E-state index contributed by atoms with van der Waals surface area (Å²) in [7, 11) is 0. The first-order chi connectivity index (χ1) is 7.92. The van der Waals surface area contributed by atoms with Crippen LogP contribution in [0.4, 0.5) is 0 Å². The molecule has 0 aromatic carbocycles. The first-order valence-electron chi connectivity index (χ1n) is 5.79. The lowest BCUT2D eigenvalue weighted by Crippen LogP contribution is -2.21. The zero-order valence-electron chi connectivity index (χ0n) is 9.15. The standard InChI is InChI=1S/C11H16N2O2S/c1-2-8(1)12-5-9-6-13-11(16-9)10-7-14-3-4-15-10/h6,8,10,12H,1-5,7H2. The normalized spacial score (nSPS) is 25.9. The van der Waals surface area contributed by atoms with Crippen LogP contribution in [-0.2, 0) is 16.0 Å². The number of hydrogen-bond acceptors (Lipinski definition) is 5. The Labute approximate surface area is 99.0 Å². The van der Waals surface area contributed by atoms with Gasteiger partial charge in [0.15, 0.2) is 0 Å². The zero-order chi connectivity index (χ0) is 10.8. The van der Waals surface area contributed by atoms with E-state index in [9.17, 15) is 0 Å². The van der Waals surface area contributed by atoms with Gasteiger partial charge in [-0.3, -0.25) is 0 Å². The molecule has 1 aliphatic carbocycles. The van der Waals surface area contributed by atoms with Crippen LogP contribution in [0.1, 0.15) is 28.8 Å². The van der Waals surface area contributed by atoms with Gasteiger partial charge in [0.25, 0.3) is 0 Å². The molecule has 0 radical (unpaired) electrons. The molecule has 2 heterocycles. The molecule has 1 unspecified atom stereocenters. The molecule has 1 saturated carbocycles. The van der Waals surface area contributed by atoms with Crippen molar-refractivity contribution in [1.82, 2.24) is 10.3 Å². The van der Waals surface area contributed by atoms with E-state index in [2.05, 4.69) is 10.3 Å². The second kappa shape index (κ2) is 4.79. The van der Waals surface area contributed by atoms with Gasteiger partial charge in [-0.15, -0.1) is 11.3 Å². The zero-order valence-corrected chi connectivity index (χ0v) is 9.96. The Hall–Kier alpha value is -0.490. The molecule has 0 bridgehead atoms. The van der Waals surface area contributed by atoms with Crippen molar-refractivity contribution in [2.45, 2.75) is 31.5 Å². The topological polar surface area (TPSA) is 43.4 Å². The van der Waals surface area contributed by atoms with Gasteiger partial charge < -0.3 is 14.8 Å². The number of thiazole rings is 1. The molecule has 3 rings (SSSR count). The molecule has 0 spiro atoms. The van der Waals surface area contributed by atoms with Gasteiger partial charge in [0, 0.05) is 23.7 Å². The van der Waals surface area contributed by atoms with Gasteiger partial charge in [-0.2, -0.15) is 0 Å². The monoisotopic (exact) mass is 240 g/mol. The molecule has 1 saturated heterocycles. The van der Waals surface area contributed by atoms with E-state index in [1.165, 1.54) is 17.7 Å². The third-order valence-corrected chi connectivity index (χ3v) is 3.89. The summed E-state index contributed by atoms with van der Waals surface area (Å²) in [6.07, 6.45) is 4.65. The van der Waals surface area contributed by atoms with Crippen LogP contribution in [0.15, 0.2) is 6.20 Å². The molecule has 16 heavy (non-hydrogen) atoms. The molecule has 1 aliphatic heterocycles. The minimum absolute atomic E-state index is 0.0495. The van der Waals surface area contributed by atoms with Gasteiger partial charge >= 0.3 is 0 Å². The summed E-state index contributed by atoms with van der Waals surface area (Å²) in [5.74, 6) is 0. The fraction of sp³-hybridized carbons (Fsp3) is 0.727. The third kappa shape index (κ3) is 2.60. The molecule has 1 aromatic heterocycles. The highest BCUT2D eigenvalue weighted by Gasteiger charge is 2.22. The lowest BCUT2D eigenvalue weighted by atomic mass is 10.4. The minimum Gasteiger partial charge on any atom is -0.376 e. The van der Waals surface area contributed by atoms with Crippen molar-refractivity contribution in [3.8, 4) is 0 Å². The SMILES string of the molecule is c1nc(C2COCCO2)sc1CNC1CC1. The van der Waals surface area contributed by atoms with Crippen molar-refractivity contribution in [1.29, 1.82) is 0 Å². The Balaban J connectivity index is 1.57. The smallest absolute Gasteiger partial charge is 0.132 e. The Kier molecular flexibility index (Phi) is 3.19. The molecule has 88 valence electrons. The minimum atomic E-state index is 0.0495. The molecular formula is C11H16N2O2S. The summed E-state index contributed by atoms with van der Waals surface area (Å²) in [5.41, 5.74) is 0. The van der Waals surface area contributed by atoms with Crippen LogP contribution in [0.3, 0.4) is 0 Å². The molecule has 1 aromatic rings. The van der Waals surface area contributed by atoms with Gasteiger partial charge in [0.05, 0.1) is 19.8 Å². The van der Waals surface area contributed by atoms with Gasteiger partial charge in [-0.25, -0.2) is 4.98 Å². The second-order valence-electron chi connectivity index (χ2n) is 4.25. The van der Waals surface area contributed by atoms with Crippen molar-refractivity contribution in [2.24, 2.45) is 0 Å². The van der Waals surface area contributed by atoms with Crippen molar-refractivity contribution in [3.63, 3.8) is 0 Å². The van der Waals surface area contributed by atoms with E-state index in [4.69, 9.17) is 9.47 Å². The van der Waals surface area contributed by atoms with Crippen LogP contribution in [0, 0.1) is 0 Å². The predicted molar refractivity (Wildman–Crippen MR) is 61.5 cm³/mol. The Morgan fingerprint density at radius 2 is 2.38 bits per heavy atom. The summed E-state index contributed by atoms with van der Waals surface area (Å²) in [5, 5.41) is 4.54. The highest BCUT2D eigenvalue weighted by atomic mass is 32.1. The molecule has 0 amide bonds. The van der Waals surface area contributed by atoms with Gasteiger partial charge in [-0.05, 0) is 12.8 Å². The highest BCUT2D eigenvalue weighted by Crippen LogP contribution is 2.26. The van der Waals surface area contributed by atoms with E-state index in [0.717, 1.165) is 17.6 Å². The van der Waals surface area contributed by atoms with Crippen molar-refractivity contribution >= 4 is 11.3 Å². The van der Waals surface area contributed by atoms with E-state index < -0.39 is 0 Å². The number of aromatic nitrogens is 1.